The van der Waals surface area contributed by atoms with Crippen molar-refractivity contribution in [3.8, 4) is 11.5 Å². The van der Waals surface area contributed by atoms with Crippen molar-refractivity contribution in [1.82, 2.24) is 9.47 Å². The molecule has 1 N–H and O–H groups in total. The maximum absolute atomic E-state index is 13.3. The molecule has 32 heavy (non-hydrogen) atoms. The van der Waals surface area contributed by atoms with Crippen LogP contribution in [0.25, 0.3) is 0 Å². The third-order valence-electron chi connectivity index (χ3n) is 5.72. The molecule has 2 heterocycles. The number of aromatic nitrogens is 1. The average molecular weight is 424 g/mol. The van der Waals surface area contributed by atoms with Crippen LogP contribution in [-0.2, 0) is 6.54 Å². The summed E-state index contributed by atoms with van der Waals surface area (Å²) in [5.74, 6) is 1.53. The standard InChI is InChI=1S/C27H25N3O2/c1-20-8-5-10-22(18-20)28-27(31)30-17-16-29-15-7-14-25(29)26(30)21-9-6-13-24(19-21)32-23-11-3-2-4-12-23/h2-15,18-19,26H,16-17H2,1H3,(H,28,31). The van der Waals surface area contributed by atoms with Crippen LogP contribution >= 0.6 is 0 Å². The van der Waals surface area contributed by atoms with Gasteiger partial charge in [-0.1, -0.05) is 42.5 Å². The van der Waals surface area contributed by atoms with Gasteiger partial charge in [0.25, 0.3) is 0 Å². The number of ether oxygens (including phenoxy) is 1. The molecule has 3 aromatic carbocycles. The summed E-state index contributed by atoms with van der Waals surface area (Å²) in [6, 6.07) is 29.4. The van der Waals surface area contributed by atoms with Gasteiger partial charge in [-0.3, -0.25) is 0 Å². The van der Waals surface area contributed by atoms with Crippen molar-refractivity contribution < 1.29 is 9.53 Å². The Morgan fingerprint density at radius 1 is 0.875 bits per heavy atom. The second-order valence-corrected chi connectivity index (χ2v) is 8.01. The molecular weight excluding hydrogens is 398 g/mol. The molecule has 1 aliphatic rings. The quantitative estimate of drug-likeness (QED) is 0.423. The first-order chi connectivity index (χ1) is 15.7. The average Bonchev–Trinajstić information content (AvgIpc) is 3.28. The van der Waals surface area contributed by atoms with E-state index in [1.54, 1.807) is 0 Å². The van der Waals surface area contributed by atoms with Crippen molar-refractivity contribution in [2.75, 3.05) is 11.9 Å². The number of benzene rings is 3. The van der Waals surface area contributed by atoms with Gasteiger partial charge in [-0.25, -0.2) is 4.79 Å². The monoisotopic (exact) mass is 423 g/mol. The summed E-state index contributed by atoms with van der Waals surface area (Å²) < 4.78 is 8.27. The maximum Gasteiger partial charge on any atom is 0.322 e. The smallest absolute Gasteiger partial charge is 0.322 e. The van der Waals surface area contributed by atoms with Gasteiger partial charge in [-0.15, -0.1) is 0 Å². The second kappa shape index (κ2) is 8.63. The third-order valence-corrected chi connectivity index (χ3v) is 5.72. The number of nitrogens with zero attached hydrogens (tertiary/aromatic N) is 2. The van der Waals surface area contributed by atoms with Gasteiger partial charge in [0.15, 0.2) is 0 Å². The van der Waals surface area contributed by atoms with Gasteiger partial charge >= 0.3 is 6.03 Å². The molecule has 1 atom stereocenters. The van der Waals surface area contributed by atoms with Crippen molar-refractivity contribution in [1.29, 1.82) is 0 Å². The van der Waals surface area contributed by atoms with E-state index in [1.807, 2.05) is 90.7 Å². The van der Waals surface area contributed by atoms with Crippen LogP contribution in [0.15, 0.2) is 97.2 Å². The van der Waals surface area contributed by atoms with Crippen molar-refractivity contribution in [3.05, 3.63) is 114 Å². The summed E-state index contributed by atoms with van der Waals surface area (Å²) in [5, 5.41) is 3.08. The number of para-hydroxylation sites is 1. The number of hydrogen-bond acceptors (Lipinski definition) is 2. The van der Waals surface area contributed by atoms with E-state index in [1.165, 1.54) is 0 Å². The molecule has 1 unspecified atom stereocenters. The Morgan fingerprint density at radius 2 is 1.69 bits per heavy atom. The molecule has 0 fully saturated rings. The van der Waals surface area contributed by atoms with E-state index in [2.05, 4.69) is 28.2 Å². The fraction of sp³-hybridized carbons (Fsp3) is 0.148. The minimum absolute atomic E-state index is 0.109. The Bertz CT molecular complexity index is 1230. The van der Waals surface area contributed by atoms with E-state index in [4.69, 9.17) is 4.74 Å². The first-order valence-electron chi connectivity index (χ1n) is 10.8. The normalized spacial score (nSPS) is 15.2. The van der Waals surface area contributed by atoms with E-state index in [0.717, 1.165) is 40.6 Å². The highest BCUT2D eigenvalue weighted by Gasteiger charge is 2.32. The fourth-order valence-corrected chi connectivity index (χ4v) is 4.24. The molecule has 0 saturated carbocycles. The third kappa shape index (κ3) is 4.10. The number of carbonyl (C=O) groups excluding carboxylic acids is 1. The van der Waals surface area contributed by atoms with E-state index >= 15 is 0 Å². The number of carbonyl (C=O) groups is 1. The first-order valence-corrected chi connectivity index (χ1v) is 10.8. The highest BCUT2D eigenvalue weighted by Crippen LogP contribution is 2.35. The van der Waals surface area contributed by atoms with Crippen LogP contribution in [-0.4, -0.2) is 22.0 Å². The predicted molar refractivity (Wildman–Crippen MR) is 126 cm³/mol. The van der Waals surface area contributed by atoms with Gasteiger partial charge in [0.1, 0.15) is 11.5 Å². The minimum Gasteiger partial charge on any atom is -0.457 e. The van der Waals surface area contributed by atoms with E-state index in [-0.39, 0.29) is 12.1 Å². The molecular formula is C27H25N3O2. The summed E-state index contributed by atoms with van der Waals surface area (Å²) in [6.07, 6.45) is 2.07. The topological polar surface area (TPSA) is 46.5 Å². The zero-order valence-corrected chi connectivity index (χ0v) is 17.9. The molecule has 4 aromatic rings. The van der Waals surface area contributed by atoms with Crippen LogP contribution in [0.3, 0.4) is 0 Å². The second-order valence-electron chi connectivity index (χ2n) is 8.01. The van der Waals surface area contributed by atoms with E-state index in [9.17, 15) is 4.79 Å². The highest BCUT2D eigenvalue weighted by atomic mass is 16.5. The molecule has 5 rings (SSSR count). The number of nitrogens with one attached hydrogen (secondary N) is 1. The Morgan fingerprint density at radius 3 is 2.53 bits per heavy atom. The van der Waals surface area contributed by atoms with Gasteiger partial charge < -0.3 is 19.5 Å². The van der Waals surface area contributed by atoms with Crippen molar-refractivity contribution in [2.45, 2.75) is 19.5 Å². The molecule has 0 spiro atoms. The largest absolute Gasteiger partial charge is 0.457 e. The van der Waals surface area contributed by atoms with Crippen LogP contribution in [0.4, 0.5) is 10.5 Å². The van der Waals surface area contributed by atoms with Gasteiger partial charge in [0.05, 0.1) is 6.04 Å². The maximum atomic E-state index is 13.3. The Labute approximate surface area is 187 Å². The molecule has 0 saturated heterocycles. The van der Waals surface area contributed by atoms with Crippen LogP contribution in [0, 0.1) is 6.92 Å². The predicted octanol–water partition coefficient (Wildman–Crippen LogP) is 6.23. The van der Waals surface area contributed by atoms with Crippen molar-refractivity contribution >= 4 is 11.7 Å². The molecule has 0 aliphatic carbocycles. The van der Waals surface area contributed by atoms with Crippen molar-refractivity contribution in [2.24, 2.45) is 0 Å². The number of fused-ring (bicyclic) bond motifs is 1. The highest BCUT2D eigenvalue weighted by molar-refractivity contribution is 5.90. The minimum atomic E-state index is -0.206. The van der Waals surface area contributed by atoms with Crippen LogP contribution in [0.1, 0.15) is 22.9 Å². The lowest BCUT2D eigenvalue weighted by atomic mass is 10.00. The Hall–Kier alpha value is -3.99. The number of rotatable bonds is 4. The molecule has 1 aliphatic heterocycles. The summed E-state index contributed by atoms with van der Waals surface area (Å²) in [6.45, 7) is 3.40. The number of amides is 2. The van der Waals surface area contributed by atoms with Crippen LogP contribution in [0.2, 0.25) is 0 Å². The molecule has 1 aromatic heterocycles. The van der Waals surface area contributed by atoms with Gasteiger partial charge in [0, 0.05) is 30.7 Å². The van der Waals surface area contributed by atoms with Gasteiger partial charge in [0.2, 0.25) is 0 Å². The molecule has 2 amide bonds. The van der Waals surface area contributed by atoms with E-state index in [0.29, 0.717) is 6.54 Å². The molecule has 0 radical (unpaired) electrons. The SMILES string of the molecule is Cc1cccc(NC(=O)N2CCn3cccc3C2c2cccc(Oc3ccccc3)c2)c1. The number of aryl methyl sites for hydroxylation is 1. The summed E-state index contributed by atoms with van der Waals surface area (Å²) in [5.41, 5.74) is 4.01. The zero-order chi connectivity index (χ0) is 21.9. The van der Waals surface area contributed by atoms with Gasteiger partial charge in [-0.2, -0.15) is 0 Å². The fourth-order valence-electron chi connectivity index (χ4n) is 4.24. The molecule has 5 nitrogen and oxygen atoms in total. The van der Waals surface area contributed by atoms with Gasteiger partial charge in [-0.05, 0) is 66.6 Å². The number of hydrogen-bond donors (Lipinski definition) is 1. The Kier molecular flexibility index (Phi) is 5.38. The first kappa shape index (κ1) is 19.9. The molecule has 5 heteroatoms. The lowest BCUT2D eigenvalue weighted by Crippen LogP contribution is -2.44. The van der Waals surface area contributed by atoms with Crippen molar-refractivity contribution in [3.63, 3.8) is 0 Å². The summed E-state index contributed by atoms with van der Waals surface area (Å²) >= 11 is 0. The van der Waals surface area contributed by atoms with Crippen LogP contribution in [0.5, 0.6) is 11.5 Å². The van der Waals surface area contributed by atoms with Crippen LogP contribution < -0.4 is 10.1 Å². The Balaban J connectivity index is 1.46. The number of anilines is 1. The summed E-state index contributed by atoms with van der Waals surface area (Å²) in [7, 11) is 0. The lowest BCUT2D eigenvalue weighted by molar-refractivity contribution is 0.181. The number of urea groups is 1. The molecule has 160 valence electrons. The van der Waals surface area contributed by atoms with E-state index < -0.39 is 0 Å². The molecule has 0 bridgehead atoms. The summed E-state index contributed by atoms with van der Waals surface area (Å²) in [4.78, 5) is 15.2. The lowest BCUT2D eigenvalue weighted by Gasteiger charge is -2.37. The zero-order valence-electron chi connectivity index (χ0n) is 17.9.